The van der Waals surface area contributed by atoms with Crippen LogP contribution in [0.5, 0.6) is 0 Å². The van der Waals surface area contributed by atoms with Gasteiger partial charge >= 0.3 is 0 Å². The molecule has 0 radical (unpaired) electrons. The van der Waals surface area contributed by atoms with E-state index < -0.39 is 18.0 Å². The summed E-state index contributed by atoms with van der Waals surface area (Å²) in [6.45, 7) is 0.767. The van der Waals surface area contributed by atoms with Crippen LogP contribution < -0.4 is 27.8 Å². The van der Waals surface area contributed by atoms with Crippen LogP contribution in [0.1, 0.15) is 17.5 Å². The second-order valence-corrected chi connectivity index (χ2v) is 8.73. The molecule has 184 valence electrons. The number of carbonyl (C=O) groups is 2. The van der Waals surface area contributed by atoms with Crippen molar-refractivity contribution in [2.75, 3.05) is 13.1 Å². The molecule has 0 fully saturated rings. The van der Waals surface area contributed by atoms with Crippen molar-refractivity contribution in [1.82, 2.24) is 10.6 Å². The summed E-state index contributed by atoms with van der Waals surface area (Å²) in [7, 11) is 0. The highest BCUT2D eigenvalue weighted by Crippen LogP contribution is 2.20. The Kier molecular flexibility index (Phi) is 9.46. The fraction of sp³-hybridized carbons (Fsp3) is 0.269. The number of rotatable bonds is 11. The Bertz CT molecular complexity index is 1170. The first-order valence-corrected chi connectivity index (χ1v) is 11.8. The number of hydrogen-bond donors (Lipinski definition) is 5. The number of amides is 2. The minimum Gasteiger partial charge on any atom is -0.370 e. The van der Waals surface area contributed by atoms with E-state index in [9.17, 15) is 9.59 Å². The van der Waals surface area contributed by atoms with Gasteiger partial charge in [0.05, 0.1) is 6.04 Å². The first-order chi connectivity index (χ1) is 16.8. The Morgan fingerprint density at radius 1 is 0.914 bits per heavy atom. The van der Waals surface area contributed by atoms with Gasteiger partial charge < -0.3 is 27.8 Å². The quantitative estimate of drug-likeness (QED) is 0.157. The van der Waals surface area contributed by atoms with Crippen molar-refractivity contribution in [2.45, 2.75) is 31.3 Å². The zero-order valence-corrected chi connectivity index (χ0v) is 20.2. The molecule has 0 saturated carbocycles. The molecule has 2 amide bonds. The topological polar surface area (TPSA) is 149 Å². The van der Waals surface area contributed by atoms with Gasteiger partial charge in [0.2, 0.25) is 11.8 Å². The molecule has 0 saturated heterocycles. The molecule has 0 aliphatic carbocycles. The lowest BCUT2D eigenvalue weighted by Crippen LogP contribution is -2.53. The van der Waals surface area contributed by atoms with E-state index in [0.29, 0.717) is 37.4 Å². The van der Waals surface area contributed by atoms with Gasteiger partial charge in [-0.05, 0) is 46.9 Å². The predicted octanol–water partition coefficient (Wildman–Crippen LogP) is 1.87. The minimum absolute atomic E-state index is 0.00657. The molecule has 8 nitrogen and oxygen atoms in total. The molecule has 9 heteroatoms. The van der Waals surface area contributed by atoms with Gasteiger partial charge in [-0.1, -0.05) is 66.2 Å². The summed E-state index contributed by atoms with van der Waals surface area (Å²) in [6, 6.07) is 19.4. The van der Waals surface area contributed by atoms with E-state index in [1.807, 2.05) is 54.6 Å². The number of carbonyl (C=O) groups excluding carboxylic acids is 2. The van der Waals surface area contributed by atoms with Gasteiger partial charge in [-0.2, -0.15) is 0 Å². The van der Waals surface area contributed by atoms with Crippen molar-refractivity contribution in [1.29, 1.82) is 0 Å². The lowest BCUT2D eigenvalue weighted by Gasteiger charge is -2.21. The maximum absolute atomic E-state index is 13.1. The summed E-state index contributed by atoms with van der Waals surface area (Å²) in [4.78, 5) is 29.9. The molecule has 0 heterocycles. The summed E-state index contributed by atoms with van der Waals surface area (Å²) < 4.78 is 0. The summed E-state index contributed by atoms with van der Waals surface area (Å²) in [5.41, 5.74) is 18.7. The Balaban J connectivity index is 1.72. The van der Waals surface area contributed by atoms with E-state index in [-0.39, 0.29) is 11.9 Å². The van der Waals surface area contributed by atoms with Crippen LogP contribution in [0.2, 0.25) is 5.02 Å². The van der Waals surface area contributed by atoms with Gasteiger partial charge in [0.1, 0.15) is 6.04 Å². The fourth-order valence-electron chi connectivity index (χ4n) is 3.77. The Hall–Kier alpha value is -3.62. The van der Waals surface area contributed by atoms with E-state index in [4.69, 9.17) is 28.8 Å². The third-order valence-electron chi connectivity index (χ3n) is 5.57. The molecule has 3 rings (SSSR count). The number of hydrogen-bond acceptors (Lipinski definition) is 4. The summed E-state index contributed by atoms with van der Waals surface area (Å²) in [6.07, 6.45) is 1.21. The lowest BCUT2D eigenvalue weighted by molar-refractivity contribution is -0.129. The predicted molar refractivity (Wildman–Crippen MR) is 141 cm³/mol. The highest BCUT2D eigenvalue weighted by molar-refractivity contribution is 6.30. The van der Waals surface area contributed by atoms with Crippen LogP contribution in [0.25, 0.3) is 10.8 Å². The van der Waals surface area contributed by atoms with Gasteiger partial charge in [-0.3, -0.25) is 14.6 Å². The number of guanidine groups is 1. The standard InChI is InChI=1S/C26H31ClN6O2/c27-20-11-9-17(10-12-20)15-22(28)24(34)33-23(25(35)31-13-4-14-32-26(29)30)16-19-7-3-6-18-5-1-2-8-21(18)19/h1-3,5-12,22-23H,4,13-16,28H2,(H,31,35)(H,33,34)(H4,29,30,32)/t22-,23+/m1/s1. The third kappa shape index (κ3) is 7.98. The lowest BCUT2D eigenvalue weighted by atomic mass is 9.97. The van der Waals surface area contributed by atoms with E-state index in [1.54, 1.807) is 12.1 Å². The van der Waals surface area contributed by atoms with E-state index in [0.717, 1.165) is 21.9 Å². The molecular formula is C26H31ClN6O2. The molecule has 0 aliphatic rings. The number of aliphatic imine (C=N–C) groups is 1. The van der Waals surface area contributed by atoms with E-state index in [2.05, 4.69) is 15.6 Å². The second-order valence-electron chi connectivity index (χ2n) is 8.29. The molecule has 0 aromatic heterocycles. The zero-order chi connectivity index (χ0) is 25.2. The average Bonchev–Trinajstić information content (AvgIpc) is 2.84. The highest BCUT2D eigenvalue weighted by atomic mass is 35.5. The molecule has 3 aromatic rings. The highest BCUT2D eigenvalue weighted by Gasteiger charge is 2.24. The summed E-state index contributed by atoms with van der Waals surface area (Å²) in [5.74, 6) is -0.692. The van der Waals surface area contributed by atoms with Gasteiger partial charge in [0.25, 0.3) is 0 Å². The van der Waals surface area contributed by atoms with Crippen LogP contribution in [0, 0.1) is 0 Å². The number of nitrogens with two attached hydrogens (primary N) is 3. The molecule has 8 N–H and O–H groups in total. The molecule has 2 atom stereocenters. The Labute approximate surface area is 209 Å². The number of benzene rings is 3. The molecular weight excluding hydrogens is 464 g/mol. The first kappa shape index (κ1) is 26.0. The van der Waals surface area contributed by atoms with Gasteiger partial charge in [0.15, 0.2) is 5.96 Å². The maximum atomic E-state index is 13.1. The monoisotopic (exact) mass is 494 g/mol. The fourth-order valence-corrected chi connectivity index (χ4v) is 3.89. The SMILES string of the molecule is NC(N)=NCCCNC(=O)[C@H](Cc1cccc2ccccc12)NC(=O)[C@H](N)Cc1ccc(Cl)cc1. The van der Waals surface area contributed by atoms with Gasteiger partial charge in [-0.25, -0.2) is 0 Å². The number of halogens is 1. The summed E-state index contributed by atoms with van der Waals surface area (Å²) >= 11 is 5.94. The molecule has 0 unspecified atom stereocenters. The van der Waals surface area contributed by atoms with Gasteiger partial charge in [0, 0.05) is 24.5 Å². The first-order valence-electron chi connectivity index (χ1n) is 11.4. The maximum Gasteiger partial charge on any atom is 0.242 e. The van der Waals surface area contributed by atoms with Crippen molar-refractivity contribution >= 4 is 40.1 Å². The normalized spacial score (nSPS) is 12.5. The van der Waals surface area contributed by atoms with Crippen LogP contribution in [0.4, 0.5) is 0 Å². The van der Waals surface area contributed by atoms with Crippen molar-refractivity contribution in [3.63, 3.8) is 0 Å². The summed E-state index contributed by atoms with van der Waals surface area (Å²) in [5, 5.41) is 8.42. The van der Waals surface area contributed by atoms with Crippen molar-refractivity contribution in [2.24, 2.45) is 22.2 Å². The van der Waals surface area contributed by atoms with Crippen LogP contribution in [0.15, 0.2) is 71.7 Å². The largest absolute Gasteiger partial charge is 0.370 e. The van der Waals surface area contributed by atoms with Crippen molar-refractivity contribution in [3.8, 4) is 0 Å². The second kappa shape index (κ2) is 12.7. The van der Waals surface area contributed by atoms with Gasteiger partial charge in [-0.15, -0.1) is 0 Å². The number of nitrogens with one attached hydrogen (secondary N) is 2. The molecule has 0 spiro atoms. The van der Waals surface area contributed by atoms with E-state index in [1.165, 1.54) is 0 Å². The van der Waals surface area contributed by atoms with Crippen molar-refractivity contribution in [3.05, 3.63) is 82.9 Å². The van der Waals surface area contributed by atoms with Crippen molar-refractivity contribution < 1.29 is 9.59 Å². The average molecular weight is 495 g/mol. The zero-order valence-electron chi connectivity index (χ0n) is 19.4. The molecule has 3 aromatic carbocycles. The van der Waals surface area contributed by atoms with Crippen LogP contribution in [0.3, 0.4) is 0 Å². The Morgan fingerprint density at radius 2 is 1.63 bits per heavy atom. The third-order valence-corrected chi connectivity index (χ3v) is 5.82. The van der Waals surface area contributed by atoms with Crippen LogP contribution in [-0.4, -0.2) is 42.9 Å². The van der Waals surface area contributed by atoms with Crippen LogP contribution in [-0.2, 0) is 22.4 Å². The number of nitrogens with zero attached hydrogens (tertiary/aromatic N) is 1. The van der Waals surface area contributed by atoms with E-state index >= 15 is 0 Å². The number of fused-ring (bicyclic) bond motifs is 1. The molecule has 0 bridgehead atoms. The Morgan fingerprint density at radius 3 is 2.37 bits per heavy atom. The molecule has 0 aliphatic heterocycles. The molecule has 35 heavy (non-hydrogen) atoms. The van der Waals surface area contributed by atoms with Crippen LogP contribution >= 0.6 is 11.6 Å². The smallest absolute Gasteiger partial charge is 0.242 e. The minimum atomic E-state index is -0.819.